The van der Waals surface area contributed by atoms with E-state index >= 15 is 0 Å². The van der Waals surface area contributed by atoms with Crippen molar-refractivity contribution in [2.75, 3.05) is 12.3 Å². The van der Waals surface area contributed by atoms with E-state index < -0.39 is 10.0 Å². The van der Waals surface area contributed by atoms with Crippen LogP contribution in [0.15, 0.2) is 0 Å². The van der Waals surface area contributed by atoms with Crippen LogP contribution < -0.4 is 5.73 Å². The summed E-state index contributed by atoms with van der Waals surface area (Å²) >= 11 is 0. The lowest BCUT2D eigenvalue weighted by Gasteiger charge is -2.32. The third-order valence-corrected chi connectivity index (χ3v) is 4.73. The molecule has 5 heteroatoms. The summed E-state index contributed by atoms with van der Waals surface area (Å²) in [5.74, 6) is 0.652. The predicted octanol–water partition coefficient (Wildman–Crippen LogP) is 1.13. The molecule has 0 bridgehead atoms. The zero-order chi connectivity index (χ0) is 11.5. The predicted molar refractivity (Wildman–Crippen MR) is 61.8 cm³/mol. The van der Waals surface area contributed by atoms with Crippen molar-refractivity contribution in [3.8, 4) is 0 Å². The number of hydrogen-bond acceptors (Lipinski definition) is 3. The molecule has 0 spiro atoms. The fourth-order valence-corrected chi connectivity index (χ4v) is 3.71. The number of sulfonamides is 1. The molecular weight excluding hydrogens is 212 g/mol. The van der Waals surface area contributed by atoms with Gasteiger partial charge >= 0.3 is 0 Å². The summed E-state index contributed by atoms with van der Waals surface area (Å²) < 4.78 is 25.4. The van der Waals surface area contributed by atoms with Gasteiger partial charge in [-0.15, -0.1) is 0 Å². The lowest BCUT2D eigenvalue weighted by Crippen LogP contribution is -2.49. The molecule has 0 aliphatic carbocycles. The lowest BCUT2D eigenvalue weighted by atomic mass is 10.1. The second-order valence-corrected chi connectivity index (χ2v) is 6.71. The van der Waals surface area contributed by atoms with E-state index in [4.69, 9.17) is 5.73 Å². The average molecular weight is 234 g/mol. The number of nitrogens with zero attached hydrogens (tertiary/aromatic N) is 1. The van der Waals surface area contributed by atoms with Gasteiger partial charge in [0.1, 0.15) is 0 Å². The Balaban J connectivity index is 2.59. The molecule has 0 radical (unpaired) electrons. The van der Waals surface area contributed by atoms with Crippen LogP contribution in [0.25, 0.3) is 0 Å². The second kappa shape index (κ2) is 5.27. The SMILES string of the molecule is CC(C)CCS(=O)(=O)N1CCCCC1N. The van der Waals surface area contributed by atoms with Crippen molar-refractivity contribution in [3.63, 3.8) is 0 Å². The van der Waals surface area contributed by atoms with E-state index in [1.54, 1.807) is 0 Å². The molecule has 0 saturated carbocycles. The van der Waals surface area contributed by atoms with E-state index in [2.05, 4.69) is 0 Å². The molecular formula is C10H22N2O2S. The minimum Gasteiger partial charge on any atom is -0.315 e. The monoisotopic (exact) mass is 234 g/mol. The quantitative estimate of drug-likeness (QED) is 0.793. The first kappa shape index (κ1) is 12.9. The largest absolute Gasteiger partial charge is 0.315 e. The number of nitrogens with two attached hydrogens (primary N) is 1. The van der Waals surface area contributed by atoms with Crippen molar-refractivity contribution in [3.05, 3.63) is 0 Å². The highest BCUT2D eigenvalue weighted by Crippen LogP contribution is 2.18. The Hall–Kier alpha value is -0.130. The van der Waals surface area contributed by atoms with Crippen molar-refractivity contribution in [1.29, 1.82) is 0 Å². The van der Waals surface area contributed by atoms with E-state index in [9.17, 15) is 8.42 Å². The van der Waals surface area contributed by atoms with Gasteiger partial charge in [0.15, 0.2) is 0 Å². The molecule has 1 aliphatic rings. The highest BCUT2D eigenvalue weighted by molar-refractivity contribution is 7.89. The molecule has 4 nitrogen and oxygen atoms in total. The van der Waals surface area contributed by atoms with Gasteiger partial charge in [0.05, 0.1) is 11.9 Å². The first-order chi connectivity index (χ1) is 6.93. The average Bonchev–Trinajstić information content (AvgIpc) is 2.15. The van der Waals surface area contributed by atoms with Crippen LogP contribution in [0.3, 0.4) is 0 Å². The van der Waals surface area contributed by atoms with Gasteiger partial charge in [0.25, 0.3) is 0 Å². The van der Waals surface area contributed by atoms with Crippen LogP contribution in [0.2, 0.25) is 0 Å². The Morgan fingerprint density at radius 2 is 2.07 bits per heavy atom. The third-order valence-electron chi connectivity index (χ3n) is 2.81. The van der Waals surface area contributed by atoms with Crippen molar-refractivity contribution < 1.29 is 8.42 Å². The van der Waals surface area contributed by atoms with Crippen LogP contribution in [0.1, 0.15) is 39.5 Å². The first-order valence-electron chi connectivity index (χ1n) is 5.68. The Labute approximate surface area is 92.9 Å². The molecule has 1 aliphatic heterocycles. The highest BCUT2D eigenvalue weighted by Gasteiger charge is 2.29. The van der Waals surface area contributed by atoms with Crippen molar-refractivity contribution in [2.45, 2.75) is 45.7 Å². The first-order valence-corrected chi connectivity index (χ1v) is 7.29. The van der Waals surface area contributed by atoms with Crippen molar-refractivity contribution >= 4 is 10.0 Å². The summed E-state index contributed by atoms with van der Waals surface area (Å²) in [4.78, 5) is 0. The molecule has 1 saturated heterocycles. The zero-order valence-electron chi connectivity index (χ0n) is 9.65. The molecule has 90 valence electrons. The molecule has 1 rings (SSSR count). The van der Waals surface area contributed by atoms with Crippen LogP contribution in [0.5, 0.6) is 0 Å². The summed E-state index contributed by atoms with van der Waals surface area (Å²) in [5.41, 5.74) is 5.82. The van der Waals surface area contributed by atoms with Gasteiger partial charge in [-0.3, -0.25) is 0 Å². The Bertz CT molecular complexity index is 288. The number of piperidine rings is 1. The number of hydrogen-bond donors (Lipinski definition) is 1. The smallest absolute Gasteiger partial charge is 0.215 e. The Kier molecular flexibility index (Phi) is 4.55. The molecule has 15 heavy (non-hydrogen) atoms. The second-order valence-electron chi connectivity index (χ2n) is 4.67. The maximum Gasteiger partial charge on any atom is 0.215 e. The van der Waals surface area contributed by atoms with Crippen LogP contribution in [-0.4, -0.2) is 31.2 Å². The fraction of sp³-hybridized carbons (Fsp3) is 1.00. The summed E-state index contributed by atoms with van der Waals surface area (Å²) in [5, 5.41) is 0. The standard InChI is InChI=1S/C10H22N2O2S/c1-9(2)6-8-15(13,14)12-7-4-3-5-10(12)11/h9-10H,3-8,11H2,1-2H3. The maximum atomic E-state index is 11.9. The van der Waals surface area contributed by atoms with Gasteiger partial charge in [-0.05, 0) is 31.6 Å². The summed E-state index contributed by atoms with van der Waals surface area (Å²) in [6.07, 6.45) is 3.19. The molecule has 1 heterocycles. The van der Waals surface area contributed by atoms with Gasteiger partial charge in [-0.25, -0.2) is 8.42 Å². The van der Waals surface area contributed by atoms with Gasteiger partial charge in [-0.2, -0.15) is 4.31 Å². The summed E-state index contributed by atoms with van der Waals surface area (Å²) in [6, 6.07) is 0. The normalized spacial score (nSPS) is 24.7. The minimum atomic E-state index is -3.12. The lowest BCUT2D eigenvalue weighted by molar-refractivity contribution is 0.257. The van der Waals surface area contributed by atoms with Gasteiger partial charge in [0, 0.05) is 6.54 Å². The molecule has 0 amide bonds. The van der Waals surface area contributed by atoms with Crippen molar-refractivity contribution in [1.82, 2.24) is 4.31 Å². The van der Waals surface area contributed by atoms with E-state index in [-0.39, 0.29) is 11.9 Å². The maximum absolute atomic E-state index is 11.9. The summed E-state index contributed by atoms with van der Waals surface area (Å²) in [7, 11) is -3.12. The van der Waals surface area contributed by atoms with Crippen LogP contribution in [0, 0.1) is 5.92 Å². The minimum absolute atomic E-state index is 0.234. The summed E-state index contributed by atoms with van der Waals surface area (Å²) in [6.45, 7) is 4.67. The van der Waals surface area contributed by atoms with E-state index in [0.717, 1.165) is 19.3 Å². The highest BCUT2D eigenvalue weighted by atomic mass is 32.2. The Morgan fingerprint density at radius 3 is 2.60 bits per heavy atom. The third kappa shape index (κ3) is 3.74. The van der Waals surface area contributed by atoms with Gasteiger partial charge in [-0.1, -0.05) is 13.8 Å². The van der Waals surface area contributed by atoms with Gasteiger partial charge < -0.3 is 5.73 Å². The molecule has 2 N–H and O–H groups in total. The van der Waals surface area contributed by atoms with Gasteiger partial charge in [0.2, 0.25) is 10.0 Å². The molecule has 0 aromatic carbocycles. The van der Waals surface area contributed by atoms with E-state index in [1.165, 1.54) is 4.31 Å². The topological polar surface area (TPSA) is 63.4 Å². The number of rotatable bonds is 4. The van der Waals surface area contributed by atoms with E-state index in [1.807, 2.05) is 13.8 Å². The molecule has 1 atom stereocenters. The molecule has 0 aromatic heterocycles. The van der Waals surface area contributed by atoms with Crippen LogP contribution in [-0.2, 0) is 10.0 Å². The molecule has 1 fully saturated rings. The Morgan fingerprint density at radius 1 is 1.40 bits per heavy atom. The van der Waals surface area contributed by atoms with Crippen LogP contribution >= 0.6 is 0 Å². The zero-order valence-corrected chi connectivity index (χ0v) is 10.5. The van der Waals surface area contributed by atoms with Crippen molar-refractivity contribution in [2.24, 2.45) is 11.7 Å². The van der Waals surface area contributed by atoms with E-state index in [0.29, 0.717) is 18.9 Å². The molecule has 0 aromatic rings. The molecule has 1 unspecified atom stereocenters. The van der Waals surface area contributed by atoms with Crippen LogP contribution in [0.4, 0.5) is 0 Å². The fourth-order valence-electron chi connectivity index (χ4n) is 1.78.